The molecule has 10 nitrogen and oxygen atoms in total. The molecule has 0 bridgehead atoms. The van der Waals surface area contributed by atoms with Gasteiger partial charge in [-0.15, -0.1) is 11.3 Å². The van der Waals surface area contributed by atoms with Gasteiger partial charge < -0.3 is 10.1 Å². The second-order valence-electron chi connectivity index (χ2n) is 9.06. The van der Waals surface area contributed by atoms with Crippen molar-refractivity contribution in [2.75, 3.05) is 11.8 Å². The number of benzene rings is 2. The van der Waals surface area contributed by atoms with Crippen LogP contribution in [-0.4, -0.2) is 41.9 Å². The van der Waals surface area contributed by atoms with Gasteiger partial charge in [-0.05, 0) is 55.2 Å². The van der Waals surface area contributed by atoms with Gasteiger partial charge in [0.2, 0.25) is 5.91 Å². The summed E-state index contributed by atoms with van der Waals surface area (Å²) in [7, 11) is -3.16. The number of thiazole rings is 1. The minimum atomic E-state index is -4.41. The number of carbonyl (C=O) groups excluding carboxylic acids is 2. The molecular weight excluding hydrogens is 552 g/mol. The fourth-order valence-electron chi connectivity index (χ4n) is 4.04. The number of aromatic nitrogens is 2. The summed E-state index contributed by atoms with van der Waals surface area (Å²) in [6, 6.07) is 18.8. The number of esters is 1. The smallest absolute Gasteiger partial charge is 0.357 e. The molecular formula is C28H28N4O6S2. The van der Waals surface area contributed by atoms with Crippen LogP contribution in [0.3, 0.4) is 0 Å². The molecule has 2 heterocycles. The zero-order valence-electron chi connectivity index (χ0n) is 21.8. The van der Waals surface area contributed by atoms with Crippen molar-refractivity contribution in [2.45, 2.75) is 25.8 Å². The molecule has 3 N–H and O–H groups in total. The van der Waals surface area contributed by atoms with Crippen LogP contribution in [0.4, 0.5) is 5.69 Å². The molecule has 0 saturated carbocycles. The van der Waals surface area contributed by atoms with Gasteiger partial charge in [-0.2, -0.15) is 8.42 Å². The van der Waals surface area contributed by atoms with Crippen LogP contribution in [0.15, 0.2) is 78.3 Å². The van der Waals surface area contributed by atoms with Gasteiger partial charge in [-0.25, -0.2) is 4.98 Å². The predicted molar refractivity (Wildman–Crippen MR) is 152 cm³/mol. The van der Waals surface area contributed by atoms with Crippen LogP contribution in [0.2, 0.25) is 0 Å². The van der Waals surface area contributed by atoms with Crippen LogP contribution < -0.4 is 10.0 Å². The molecule has 12 heteroatoms. The first kappa shape index (κ1) is 28.9. The van der Waals surface area contributed by atoms with Crippen molar-refractivity contribution in [2.24, 2.45) is 5.92 Å². The number of pyridine rings is 1. The lowest BCUT2D eigenvalue weighted by Gasteiger charge is -2.21. The summed E-state index contributed by atoms with van der Waals surface area (Å²) in [5.74, 6) is -2.22. The Hall–Kier alpha value is -4.13. The molecule has 0 aliphatic carbocycles. The zero-order chi connectivity index (χ0) is 28.7. The van der Waals surface area contributed by atoms with Gasteiger partial charge >= 0.3 is 16.3 Å². The van der Waals surface area contributed by atoms with Gasteiger partial charge in [0.1, 0.15) is 10.9 Å². The summed E-state index contributed by atoms with van der Waals surface area (Å²) < 4.78 is 38.2. The molecule has 0 fully saturated rings. The molecule has 0 unspecified atom stereocenters. The van der Waals surface area contributed by atoms with Crippen molar-refractivity contribution in [3.05, 3.63) is 100 Å². The van der Waals surface area contributed by atoms with E-state index in [0.29, 0.717) is 17.1 Å². The molecule has 2 atom stereocenters. The fourth-order valence-corrected chi connectivity index (χ4v) is 5.35. The van der Waals surface area contributed by atoms with Crippen LogP contribution in [-0.2, 0) is 37.5 Å². The number of methoxy groups -OCH3 is 1. The Labute approximate surface area is 236 Å². The van der Waals surface area contributed by atoms with E-state index in [4.69, 9.17) is 14.3 Å². The number of hydrogen-bond acceptors (Lipinski definition) is 8. The Kier molecular flexibility index (Phi) is 9.25. The van der Waals surface area contributed by atoms with E-state index >= 15 is 0 Å². The van der Waals surface area contributed by atoms with Gasteiger partial charge in [0, 0.05) is 22.8 Å². The van der Waals surface area contributed by atoms with Crippen molar-refractivity contribution in [3.8, 4) is 11.3 Å². The number of ether oxygens (including phenoxy) is 1. The third-order valence-corrected chi connectivity index (χ3v) is 7.52. The lowest BCUT2D eigenvalue weighted by molar-refractivity contribution is -0.150. The molecule has 0 aliphatic rings. The van der Waals surface area contributed by atoms with E-state index in [-0.39, 0.29) is 12.1 Å². The van der Waals surface area contributed by atoms with Crippen LogP contribution in [0, 0.1) is 12.8 Å². The average molecular weight is 581 g/mol. The molecule has 2 aromatic heterocycles. The Morgan fingerprint density at radius 1 is 1.00 bits per heavy atom. The number of rotatable bonds is 11. The van der Waals surface area contributed by atoms with E-state index in [9.17, 15) is 18.0 Å². The Balaban J connectivity index is 1.61. The van der Waals surface area contributed by atoms with Gasteiger partial charge in [-0.1, -0.05) is 42.5 Å². The van der Waals surface area contributed by atoms with Crippen LogP contribution >= 0.6 is 11.3 Å². The summed E-state index contributed by atoms with van der Waals surface area (Å²) >= 11 is 1.36. The number of amides is 1. The standard InChI is InChI=1S/C28H28N4O6S2/c1-18-8-11-21(16-29-18)25-17-39-27(31-25)24(15-20-9-12-22(13-10-20)32-40(35,36)37)30-26(33)23(28(34)38-2)14-19-6-4-3-5-7-19/h3-13,16-17,23-24,32H,14-15H2,1-2H3,(H,30,33)(H,35,36,37)/t23-,24-/m0/s1. The van der Waals surface area contributed by atoms with Crippen molar-refractivity contribution >= 4 is 39.2 Å². The van der Waals surface area contributed by atoms with E-state index in [1.807, 2.05) is 59.5 Å². The van der Waals surface area contributed by atoms with Crippen molar-refractivity contribution < 1.29 is 27.3 Å². The summed E-state index contributed by atoms with van der Waals surface area (Å²) in [4.78, 5) is 35.2. The fraction of sp³-hybridized carbons (Fsp3) is 0.214. The number of nitrogens with one attached hydrogen (secondary N) is 2. The number of nitrogens with zero attached hydrogens (tertiary/aromatic N) is 2. The Bertz CT molecular complexity index is 1560. The summed E-state index contributed by atoms with van der Waals surface area (Å²) in [6.07, 6.45) is 2.20. The van der Waals surface area contributed by atoms with Crippen LogP contribution in [0.5, 0.6) is 0 Å². The lowest BCUT2D eigenvalue weighted by atomic mass is 9.97. The van der Waals surface area contributed by atoms with E-state index in [1.165, 1.54) is 30.6 Å². The number of hydrogen-bond donors (Lipinski definition) is 3. The number of aryl methyl sites for hydroxylation is 1. The van der Waals surface area contributed by atoms with E-state index < -0.39 is 34.1 Å². The topological polar surface area (TPSA) is 148 Å². The molecule has 40 heavy (non-hydrogen) atoms. The second kappa shape index (κ2) is 12.8. The highest BCUT2D eigenvalue weighted by atomic mass is 32.2. The average Bonchev–Trinajstić information content (AvgIpc) is 3.42. The second-order valence-corrected chi connectivity index (χ2v) is 11.1. The molecule has 4 rings (SSSR count). The highest BCUT2D eigenvalue weighted by Gasteiger charge is 2.31. The summed E-state index contributed by atoms with van der Waals surface area (Å²) in [6.45, 7) is 1.89. The normalized spacial score (nSPS) is 12.8. The first-order valence-electron chi connectivity index (χ1n) is 12.3. The van der Waals surface area contributed by atoms with E-state index in [0.717, 1.165) is 22.4 Å². The number of carbonyl (C=O) groups is 2. The first-order valence-corrected chi connectivity index (χ1v) is 14.6. The molecule has 0 spiro atoms. The molecule has 0 aliphatic heterocycles. The summed E-state index contributed by atoms with van der Waals surface area (Å²) in [5, 5.41) is 5.48. The van der Waals surface area contributed by atoms with Gasteiger partial charge in [0.05, 0.1) is 24.5 Å². The van der Waals surface area contributed by atoms with Gasteiger partial charge in [0.25, 0.3) is 0 Å². The third-order valence-electron chi connectivity index (χ3n) is 6.07. The van der Waals surface area contributed by atoms with Crippen molar-refractivity contribution in [1.82, 2.24) is 15.3 Å². The largest absolute Gasteiger partial charge is 0.468 e. The zero-order valence-corrected chi connectivity index (χ0v) is 23.4. The van der Waals surface area contributed by atoms with Crippen molar-refractivity contribution in [3.63, 3.8) is 0 Å². The maximum absolute atomic E-state index is 13.5. The molecule has 0 saturated heterocycles. The molecule has 2 aromatic carbocycles. The Morgan fingerprint density at radius 2 is 1.70 bits per heavy atom. The highest BCUT2D eigenvalue weighted by molar-refractivity contribution is 7.87. The minimum Gasteiger partial charge on any atom is -0.468 e. The lowest BCUT2D eigenvalue weighted by Crippen LogP contribution is -2.40. The van der Waals surface area contributed by atoms with Crippen LogP contribution in [0.25, 0.3) is 11.3 Å². The van der Waals surface area contributed by atoms with Crippen molar-refractivity contribution in [1.29, 1.82) is 0 Å². The number of anilines is 1. The molecule has 208 valence electrons. The maximum Gasteiger partial charge on any atom is 0.357 e. The van der Waals surface area contributed by atoms with E-state index in [1.54, 1.807) is 18.3 Å². The Morgan fingerprint density at radius 3 is 2.33 bits per heavy atom. The quantitative estimate of drug-likeness (QED) is 0.136. The molecule has 0 radical (unpaired) electrons. The predicted octanol–water partition coefficient (Wildman–Crippen LogP) is 4.16. The van der Waals surface area contributed by atoms with Crippen LogP contribution in [0.1, 0.15) is 27.9 Å². The monoisotopic (exact) mass is 580 g/mol. The molecule has 1 amide bonds. The summed E-state index contributed by atoms with van der Waals surface area (Å²) in [5.41, 5.74) is 4.17. The highest BCUT2D eigenvalue weighted by Crippen LogP contribution is 2.28. The van der Waals surface area contributed by atoms with Gasteiger partial charge in [0.15, 0.2) is 0 Å². The third kappa shape index (κ3) is 7.94. The minimum absolute atomic E-state index is 0.167. The maximum atomic E-state index is 13.5. The first-order chi connectivity index (χ1) is 19.1. The SMILES string of the molecule is COC(=O)[C@@H](Cc1ccccc1)C(=O)N[C@@H](Cc1ccc(NS(=O)(=O)O)cc1)c1nc(-c2ccc(C)nc2)cs1. The molecule has 4 aromatic rings. The van der Waals surface area contributed by atoms with Gasteiger partial charge in [-0.3, -0.25) is 23.8 Å². The van der Waals surface area contributed by atoms with E-state index in [2.05, 4.69) is 10.3 Å².